The lowest BCUT2D eigenvalue weighted by Gasteiger charge is -2.22. The molecule has 0 saturated carbocycles. The van der Waals surface area contributed by atoms with Gasteiger partial charge in [0.1, 0.15) is 16.4 Å². The predicted octanol–water partition coefficient (Wildman–Crippen LogP) is 1.43. The van der Waals surface area contributed by atoms with Crippen LogP contribution in [0.1, 0.15) is 17.9 Å². The Bertz CT molecular complexity index is 533. The molecule has 2 rings (SSSR count). The van der Waals surface area contributed by atoms with Gasteiger partial charge in [-0.15, -0.1) is 0 Å². The SMILES string of the molecule is CNCc1cc(S(=O)(=O)N(C)C2CCSC2)c(C)o1. The summed E-state index contributed by atoms with van der Waals surface area (Å²) in [7, 11) is 0.0102. The average Bonchev–Trinajstić information content (AvgIpc) is 2.98. The van der Waals surface area contributed by atoms with Crippen molar-refractivity contribution in [2.24, 2.45) is 0 Å². The van der Waals surface area contributed by atoms with Crippen molar-refractivity contribution in [3.8, 4) is 0 Å². The van der Waals surface area contributed by atoms with Gasteiger partial charge in [-0.05, 0) is 26.1 Å². The van der Waals surface area contributed by atoms with E-state index in [1.54, 1.807) is 38.8 Å². The van der Waals surface area contributed by atoms with Gasteiger partial charge < -0.3 is 9.73 Å². The monoisotopic (exact) mass is 304 g/mol. The zero-order chi connectivity index (χ0) is 14.0. The van der Waals surface area contributed by atoms with Crippen LogP contribution in [0.3, 0.4) is 0 Å². The van der Waals surface area contributed by atoms with Crippen LogP contribution in [0.5, 0.6) is 0 Å². The minimum atomic E-state index is -3.45. The van der Waals surface area contributed by atoms with E-state index in [0.29, 0.717) is 18.1 Å². The number of furan rings is 1. The largest absolute Gasteiger partial charge is 0.464 e. The Morgan fingerprint density at radius 1 is 1.58 bits per heavy atom. The number of hydrogen-bond donors (Lipinski definition) is 1. The van der Waals surface area contributed by atoms with Crippen LogP contribution >= 0.6 is 11.8 Å². The van der Waals surface area contributed by atoms with E-state index in [2.05, 4.69) is 5.32 Å². The predicted molar refractivity (Wildman–Crippen MR) is 76.9 cm³/mol. The maximum Gasteiger partial charge on any atom is 0.246 e. The molecule has 0 amide bonds. The highest BCUT2D eigenvalue weighted by molar-refractivity contribution is 7.99. The van der Waals surface area contributed by atoms with Crippen molar-refractivity contribution >= 4 is 21.8 Å². The molecule has 1 aliphatic rings. The first-order chi connectivity index (χ1) is 8.96. The van der Waals surface area contributed by atoms with Gasteiger partial charge in [-0.1, -0.05) is 0 Å². The summed E-state index contributed by atoms with van der Waals surface area (Å²) < 4.78 is 32.2. The number of hydrogen-bond acceptors (Lipinski definition) is 5. The summed E-state index contributed by atoms with van der Waals surface area (Å²) >= 11 is 1.80. The molecule has 1 aliphatic heterocycles. The van der Waals surface area contributed by atoms with E-state index < -0.39 is 10.0 Å². The molecule has 1 saturated heterocycles. The number of nitrogens with one attached hydrogen (secondary N) is 1. The topological polar surface area (TPSA) is 62.6 Å². The van der Waals surface area contributed by atoms with Crippen molar-refractivity contribution in [2.45, 2.75) is 30.8 Å². The molecule has 0 radical (unpaired) electrons. The Hall–Kier alpha value is -0.500. The molecule has 108 valence electrons. The van der Waals surface area contributed by atoms with Gasteiger partial charge in [0.05, 0.1) is 6.54 Å². The Kier molecular flexibility index (Phi) is 4.60. The molecule has 19 heavy (non-hydrogen) atoms. The first-order valence-corrected chi connectivity index (χ1v) is 8.86. The van der Waals surface area contributed by atoms with Crippen molar-refractivity contribution in [1.29, 1.82) is 0 Å². The highest BCUT2D eigenvalue weighted by Crippen LogP contribution is 2.28. The number of sulfonamides is 1. The Morgan fingerprint density at radius 3 is 2.89 bits per heavy atom. The molecule has 5 nitrogen and oxygen atoms in total. The van der Waals surface area contributed by atoms with Crippen molar-refractivity contribution < 1.29 is 12.8 Å². The second-order valence-corrected chi connectivity index (χ2v) is 7.82. The summed E-state index contributed by atoms with van der Waals surface area (Å²) in [6.45, 7) is 2.22. The van der Waals surface area contributed by atoms with E-state index in [0.717, 1.165) is 17.9 Å². The molecule has 0 spiro atoms. The molecule has 0 aliphatic carbocycles. The summed E-state index contributed by atoms with van der Waals surface area (Å²) in [5.74, 6) is 3.01. The molecular weight excluding hydrogens is 284 g/mol. The number of thioether (sulfide) groups is 1. The normalized spacial score (nSPS) is 20.3. The van der Waals surface area contributed by atoms with Crippen molar-refractivity contribution in [3.05, 3.63) is 17.6 Å². The number of aryl methyl sites for hydroxylation is 1. The maximum absolute atomic E-state index is 12.6. The zero-order valence-electron chi connectivity index (χ0n) is 11.5. The van der Waals surface area contributed by atoms with Crippen LogP contribution in [-0.2, 0) is 16.6 Å². The van der Waals surface area contributed by atoms with E-state index >= 15 is 0 Å². The van der Waals surface area contributed by atoms with Crippen molar-refractivity contribution in [3.63, 3.8) is 0 Å². The Labute approximate surface area is 118 Å². The van der Waals surface area contributed by atoms with Crippen LogP contribution in [0.4, 0.5) is 0 Å². The second-order valence-electron chi connectivity index (χ2n) is 4.70. The highest BCUT2D eigenvalue weighted by Gasteiger charge is 2.32. The fraction of sp³-hybridized carbons (Fsp3) is 0.667. The van der Waals surface area contributed by atoms with E-state index in [9.17, 15) is 8.42 Å². The first kappa shape index (κ1) is 14.9. The van der Waals surface area contributed by atoms with E-state index in [1.807, 2.05) is 0 Å². The standard InChI is InChI=1S/C12H20N2O3S2/c1-9-12(6-11(17-9)7-13-2)19(15,16)14(3)10-4-5-18-8-10/h6,10,13H,4-5,7-8H2,1-3H3. The van der Waals surface area contributed by atoms with Gasteiger partial charge in [-0.2, -0.15) is 16.1 Å². The third kappa shape index (κ3) is 2.99. The van der Waals surface area contributed by atoms with Gasteiger partial charge in [-0.3, -0.25) is 0 Å². The maximum atomic E-state index is 12.6. The van der Waals surface area contributed by atoms with Crippen LogP contribution < -0.4 is 5.32 Å². The van der Waals surface area contributed by atoms with E-state index in [-0.39, 0.29) is 10.9 Å². The van der Waals surface area contributed by atoms with Gasteiger partial charge >= 0.3 is 0 Å². The van der Waals surface area contributed by atoms with Gasteiger partial charge in [-0.25, -0.2) is 8.42 Å². The molecular formula is C12H20N2O3S2. The lowest BCUT2D eigenvalue weighted by atomic mass is 10.3. The Morgan fingerprint density at radius 2 is 2.32 bits per heavy atom. The molecule has 0 bridgehead atoms. The molecule has 1 atom stereocenters. The van der Waals surface area contributed by atoms with E-state index in [1.165, 1.54) is 4.31 Å². The molecule has 1 aromatic rings. The molecule has 1 fully saturated rings. The lowest BCUT2D eigenvalue weighted by molar-refractivity contribution is 0.392. The summed E-state index contributed by atoms with van der Waals surface area (Å²) in [5.41, 5.74) is 0. The van der Waals surface area contributed by atoms with Gasteiger partial charge in [0.15, 0.2) is 0 Å². The van der Waals surface area contributed by atoms with Crippen LogP contribution in [0, 0.1) is 6.92 Å². The lowest BCUT2D eigenvalue weighted by Crippen LogP contribution is -2.37. The molecule has 1 unspecified atom stereocenters. The molecule has 1 N–H and O–H groups in total. The minimum absolute atomic E-state index is 0.0945. The summed E-state index contributed by atoms with van der Waals surface area (Å²) in [6.07, 6.45) is 0.917. The summed E-state index contributed by atoms with van der Waals surface area (Å²) in [5, 5.41) is 2.95. The zero-order valence-corrected chi connectivity index (χ0v) is 13.1. The fourth-order valence-corrected chi connectivity index (χ4v) is 5.13. The number of rotatable bonds is 5. The smallest absolute Gasteiger partial charge is 0.246 e. The quantitative estimate of drug-likeness (QED) is 0.892. The summed E-state index contributed by atoms with van der Waals surface area (Å²) in [4.78, 5) is 0.289. The van der Waals surface area contributed by atoms with Gasteiger partial charge in [0.25, 0.3) is 0 Å². The second kappa shape index (κ2) is 5.87. The number of nitrogens with zero attached hydrogens (tertiary/aromatic N) is 1. The molecule has 7 heteroatoms. The Balaban J connectivity index is 2.27. The minimum Gasteiger partial charge on any atom is -0.464 e. The highest BCUT2D eigenvalue weighted by atomic mass is 32.2. The van der Waals surface area contributed by atoms with Crippen molar-refractivity contribution in [2.75, 3.05) is 25.6 Å². The van der Waals surface area contributed by atoms with Gasteiger partial charge in [0.2, 0.25) is 10.0 Å². The summed E-state index contributed by atoms with van der Waals surface area (Å²) in [6, 6.07) is 1.72. The van der Waals surface area contributed by atoms with E-state index in [4.69, 9.17) is 4.42 Å². The first-order valence-electron chi connectivity index (χ1n) is 6.26. The van der Waals surface area contributed by atoms with Crippen LogP contribution in [0.25, 0.3) is 0 Å². The van der Waals surface area contributed by atoms with Crippen LogP contribution in [0.2, 0.25) is 0 Å². The molecule has 1 aromatic heterocycles. The van der Waals surface area contributed by atoms with Crippen molar-refractivity contribution in [1.82, 2.24) is 9.62 Å². The fourth-order valence-electron chi connectivity index (χ4n) is 2.20. The van der Waals surface area contributed by atoms with Crippen LogP contribution in [-0.4, -0.2) is 44.4 Å². The molecule has 0 aromatic carbocycles. The average molecular weight is 304 g/mol. The van der Waals surface area contributed by atoms with Crippen LogP contribution in [0.15, 0.2) is 15.4 Å². The third-order valence-electron chi connectivity index (χ3n) is 3.35. The third-order valence-corrected chi connectivity index (χ3v) is 6.51. The molecule has 2 heterocycles. The van der Waals surface area contributed by atoms with Gasteiger partial charge in [0, 0.05) is 24.9 Å².